The summed E-state index contributed by atoms with van der Waals surface area (Å²) in [5.74, 6) is 0. The van der Waals surface area contributed by atoms with Gasteiger partial charge in [0.2, 0.25) is 0 Å². The molecule has 110 valence electrons. The van der Waals surface area contributed by atoms with Crippen molar-refractivity contribution in [2.24, 2.45) is 0 Å². The van der Waals surface area contributed by atoms with E-state index in [2.05, 4.69) is 53.4 Å². The first-order valence-electron chi connectivity index (χ1n) is 7.43. The average Bonchev–Trinajstić information content (AvgIpc) is 3.11. The van der Waals surface area contributed by atoms with Crippen LogP contribution in [0.5, 0.6) is 0 Å². The molecule has 0 aliphatic heterocycles. The van der Waals surface area contributed by atoms with Crippen LogP contribution in [0.3, 0.4) is 0 Å². The highest BCUT2D eigenvalue weighted by Crippen LogP contribution is 2.19. The van der Waals surface area contributed by atoms with Crippen LogP contribution in [0.4, 0.5) is 0 Å². The van der Waals surface area contributed by atoms with Gasteiger partial charge < -0.3 is 5.32 Å². The van der Waals surface area contributed by atoms with Gasteiger partial charge in [0.25, 0.3) is 0 Å². The minimum Gasteiger partial charge on any atom is -0.309 e. The number of aromatic nitrogens is 3. The summed E-state index contributed by atoms with van der Waals surface area (Å²) in [7, 11) is 0. The lowest BCUT2D eigenvalue weighted by Gasteiger charge is -2.15. The van der Waals surface area contributed by atoms with Crippen LogP contribution in [0, 0.1) is 0 Å². The highest BCUT2D eigenvalue weighted by molar-refractivity contribution is 7.07. The van der Waals surface area contributed by atoms with Crippen molar-refractivity contribution in [2.75, 3.05) is 6.54 Å². The third kappa shape index (κ3) is 3.67. The zero-order valence-electron chi connectivity index (χ0n) is 12.5. The number of hydrogen-bond acceptors (Lipinski definition) is 4. The van der Waals surface area contributed by atoms with Gasteiger partial charge in [-0.15, -0.1) is 11.3 Å². The summed E-state index contributed by atoms with van der Waals surface area (Å²) in [5.41, 5.74) is 4.15. The lowest BCUT2D eigenvalue weighted by molar-refractivity contribution is 0.422. The summed E-state index contributed by atoms with van der Waals surface area (Å²) in [6.45, 7) is 7.50. The van der Waals surface area contributed by atoms with Crippen LogP contribution >= 0.6 is 11.3 Å². The van der Waals surface area contributed by atoms with E-state index in [4.69, 9.17) is 5.10 Å². The Labute approximate surface area is 125 Å². The molecule has 1 N–H and O–H groups in total. The van der Waals surface area contributed by atoms with Gasteiger partial charge in [-0.05, 0) is 25.5 Å². The molecule has 0 spiro atoms. The Morgan fingerprint density at radius 1 is 1.30 bits per heavy atom. The molecule has 1 unspecified atom stereocenters. The zero-order chi connectivity index (χ0) is 14.4. The van der Waals surface area contributed by atoms with E-state index in [1.165, 1.54) is 0 Å². The van der Waals surface area contributed by atoms with Crippen LogP contribution in [0.1, 0.15) is 57.1 Å². The Hall–Kier alpha value is -1.20. The number of thiazole rings is 1. The molecular formula is C15H24N4S. The van der Waals surface area contributed by atoms with Crippen LogP contribution in [0.2, 0.25) is 0 Å². The Balaban J connectivity index is 2.07. The van der Waals surface area contributed by atoms with E-state index in [0.29, 0.717) is 6.04 Å². The quantitative estimate of drug-likeness (QED) is 0.808. The smallest absolute Gasteiger partial charge is 0.0795 e. The minimum atomic E-state index is 0.260. The zero-order valence-corrected chi connectivity index (χ0v) is 13.4. The minimum absolute atomic E-state index is 0.260. The molecule has 2 rings (SSSR count). The van der Waals surface area contributed by atoms with Crippen molar-refractivity contribution in [3.05, 3.63) is 34.5 Å². The second-order valence-electron chi connectivity index (χ2n) is 4.99. The van der Waals surface area contributed by atoms with Crippen LogP contribution in [0.15, 0.2) is 23.2 Å². The van der Waals surface area contributed by atoms with E-state index in [0.717, 1.165) is 37.2 Å². The van der Waals surface area contributed by atoms with Crippen LogP contribution in [-0.4, -0.2) is 21.3 Å². The molecule has 0 aliphatic carbocycles. The second kappa shape index (κ2) is 7.55. The standard InChI is InChI=1S/C15H24N4S/c1-4-13(5-2)19-8-7-12(18-19)9-14(16-6-3)15-10-20-11-17-15/h7-8,10-11,13-14,16H,4-6,9H2,1-3H3. The van der Waals surface area contributed by atoms with E-state index >= 15 is 0 Å². The van der Waals surface area contributed by atoms with Crippen LogP contribution < -0.4 is 5.32 Å². The van der Waals surface area contributed by atoms with E-state index in [1.54, 1.807) is 11.3 Å². The van der Waals surface area contributed by atoms with Gasteiger partial charge in [0, 0.05) is 18.0 Å². The van der Waals surface area contributed by atoms with Gasteiger partial charge >= 0.3 is 0 Å². The van der Waals surface area contributed by atoms with Gasteiger partial charge in [-0.3, -0.25) is 4.68 Å². The number of hydrogen-bond donors (Lipinski definition) is 1. The molecule has 2 aromatic rings. The molecule has 0 radical (unpaired) electrons. The highest BCUT2D eigenvalue weighted by Gasteiger charge is 2.15. The Morgan fingerprint density at radius 2 is 2.10 bits per heavy atom. The summed E-state index contributed by atoms with van der Waals surface area (Å²) in [4.78, 5) is 4.43. The fourth-order valence-electron chi connectivity index (χ4n) is 2.48. The summed E-state index contributed by atoms with van der Waals surface area (Å²) in [5, 5.41) is 10.3. The van der Waals surface area contributed by atoms with Crippen molar-refractivity contribution < 1.29 is 0 Å². The molecule has 5 heteroatoms. The van der Waals surface area contributed by atoms with Gasteiger partial charge in [0.15, 0.2) is 0 Å². The van der Waals surface area contributed by atoms with Crippen LogP contribution in [0.25, 0.3) is 0 Å². The maximum Gasteiger partial charge on any atom is 0.0795 e. The molecule has 4 nitrogen and oxygen atoms in total. The molecule has 0 saturated heterocycles. The summed E-state index contributed by atoms with van der Waals surface area (Å²) in [6.07, 6.45) is 5.25. The molecule has 2 heterocycles. The summed E-state index contributed by atoms with van der Waals surface area (Å²) < 4.78 is 2.11. The van der Waals surface area contributed by atoms with E-state index in [-0.39, 0.29) is 6.04 Å². The maximum absolute atomic E-state index is 4.74. The second-order valence-corrected chi connectivity index (χ2v) is 5.70. The predicted molar refractivity (Wildman–Crippen MR) is 84.1 cm³/mol. The molecule has 0 amide bonds. The van der Waals surface area contributed by atoms with Gasteiger partial charge in [0.1, 0.15) is 0 Å². The molecule has 0 aromatic carbocycles. The lowest BCUT2D eigenvalue weighted by Crippen LogP contribution is -2.23. The number of nitrogens with zero attached hydrogens (tertiary/aromatic N) is 3. The van der Waals surface area contributed by atoms with Gasteiger partial charge in [-0.2, -0.15) is 5.10 Å². The summed E-state index contributed by atoms with van der Waals surface area (Å²) >= 11 is 1.64. The third-order valence-corrected chi connectivity index (χ3v) is 4.26. The molecule has 2 aromatic heterocycles. The van der Waals surface area contributed by atoms with E-state index in [9.17, 15) is 0 Å². The first-order chi connectivity index (χ1) is 9.78. The molecule has 0 bridgehead atoms. The number of likely N-dealkylation sites (N-methyl/N-ethyl adjacent to an activating group) is 1. The van der Waals surface area contributed by atoms with E-state index < -0.39 is 0 Å². The molecule has 1 atom stereocenters. The summed E-state index contributed by atoms with van der Waals surface area (Å²) in [6, 6.07) is 2.91. The largest absolute Gasteiger partial charge is 0.309 e. The van der Waals surface area contributed by atoms with Crippen molar-refractivity contribution in [3.63, 3.8) is 0 Å². The normalized spacial score (nSPS) is 13.0. The molecule has 0 aliphatic rings. The lowest BCUT2D eigenvalue weighted by atomic mass is 10.1. The van der Waals surface area contributed by atoms with Crippen molar-refractivity contribution in [3.8, 4) is 0 Å². The van der Waals surface area contributed by atoms with Crippen LogP contribution in [-0.2, 0) is 6.42 Å². The van der Waals surface area contributed by atoms with Crippen molar-refractivity contribution in [1.82, 2.24) is 20.1 Å². The number of nitrogens with one attached hydrogen (secondary N) is 1. The van der Waals surface area contributed by atoms with Gasteiger partial charge in [-0.25, -0.2) is 4.98 Å². The van der Waals surface area contributed by atoms with Gasteiger partial charge in [-0.1, -0.05) is 20.8 Å². The van der Waals surface area contributed by atoms with Crippen molar-refractivity contribution in [2.45, 2.75) is 52.1 Å². The highest BCUT2D eigenvalue weighted by atomic mass is 32.1. The fraction of sp³-hybridized carbons (Fsp3) is 0.600. The third-order valence-electron chi connectivity index (χ3n) is 3.65. The van der Waals surface area contributed by atoms with Crippen molar-refractivity contribution >= 4 is 11.3 Å². The molecular weight excluding hydrogens is 268 g/mol. The Morgan fingerprint density at radius 3 is 2.70 bits per heavy atom. The topological polar surface area (TPSA) is 42.7 Å². The fourth-order valence-corrected chi connectivity index (χ4v) is 3.09. The average molecular weight is 292 g/mol. The van der Waals surface area contributed by atoms with E-state index in [1.807, 2.05) is 5.51 Å². The predicted octanol–water partition coefficient (Wildman–Crippen LogP) is 3.59. The molecule has 20 heavy (non-hydrogen) atoms. The molecule has 0 fully saturated rings. The first kappa shape index (κ1) is 15.2. The monoisotopic (exact) mass is 292 g/mol. The molecule has 0 saturated carbocycles. The SMILES string of the molecule is CCNC(Cc1ccn(C(CC)CC)n1)c1cscn1. The van der Waals surface area contributed by atoms with Gasteiger partial charge in [0.05, 0.1) is 29.0 Å². The Kier molecular flexibility index (Phi) is 5.73. The maximum atomic E-state index is 4.74. The van der Waals surface area contributed by atoms with Crippen molar-refractivity contribution in [1.29, 1.82) is 0 Å². The Bertz CT molecular complexity index is 488. The number of rotatable bonds is 8. The first-order valence-corrected chi connectivity index (χ1v) is 8.38.